The molecule has 5 rings (SSSR count). The fourth-order valence-corrected chi connectivity index (χ4v) is 9.76. The summed E-state index contributed by atoms with van der Waals surface area (Å²) in [5, 5.41) is 6.07. The second kappa shape index (κ2) is 19.3. The molecular formula is C37H42Cl2N8O6S3. The minimum absolute atomic E-state index is 0.0340. The zero-order valence-corrected chi connectivity index (χ0v) is 34.6. The Balaban J connectivity index is 1.36. The van der Waals surface area contributed by atoms with Crippen LogP contribution in [0.25, 0.3) is 0 Å². The van der Waals surface area contributed by atoms with Gasteiger partial charge in [-0.2, -0.15) is 27.9 Å². The van der Waals surface area contributed by atoms with Gasteiger partial charge in [-0.15, -0.1) is 0 Å². The van der Waals surface area contributed by atoms with E-state index in [1.807, 2.05) is 13.8 Å². The van der Waals surface area contributed by atoms with E-state index in [0.29, 0.717) is 18.8 Å². The number of nitrogens with zero attached hydrogens (tertiary/aromatic N) is 6. The largest absolute Gasteiger partial charge is 0.383 e. The van der Waals surface area contributed by atoms with Gasteiger partial charge in [-0.05, 0) is 85.6 Å². The first kappa shape index (κ1) is 42.9. The van der Waals surface area contributed by atoms with Crippen LogP contribution in [0.3, 0.4) is 0 Å². The summed E-state index contributed by atoms with van der Waals surface area (Å²) in [6, 6.07) is 19.2. The smallest absolute Gasteiger partial charge is 0.243 e. The predicted octanol–water partition coefficient (Wildman–Crippen LogP) is 5.37. The number of aryl methyl sites for hydroxylation is 2. The van der Waals surface area contributed by atoms with Crippen LogP contribution < -0.4 is 10.6 Å². The summed E-state index contributed by atoms with van der Waals surface area (Å²) in [6.45, 7) is 4.17. The first-order chi connectivity index (χ1) is 26.7. The molecule has 0 bridgehead atoms. The van der Waals surface area contributed by atoms with Gasteiger partial charge in [-0.3, -0.25) is 0 Å². The third-order valence-electron chi connectivity index (χ3n) is 8.48. The van der Waals surface area contributed by atoms with Gasteiger partial charge >= 0.3 is 0 Å². The van der Waals surface area contributed by atoms with Crippen LogP contribution in [0.4, 0.5) is 11.6 Å². The molecule has 2 N–H and O–H groups in total. The van der Waals surface area contributed by atoms with Crippen LogP contribution >= 0.6 is 23.2 Å². The molecule has 298 valence electrons. The highest BCUT2D eigenvalue weighted by Crippen LogP contribution is 2.21. The molecule has 0 amide bonds. The summed E-state index contributed by atoms with van der Waals surface area (Å²) < 4.78 is 86.7. The van der Waals surface area contributed by atoms with E-state index in [1.54, 1.807) is 72.9 Å². The fraction of sp³-hybridized carbons (Fsp3) is 0.270. The molecule has 0 spiro atoms. The first-order valence-electron chi connectivity index (χ1n) is 17.4. The van der Waals surface area contributed by atoms with E-state index in [1.165, 1.54) is 49.3 Å². The lowest BCUT2D eigenvalue weighted by Crippen LogP contribution is -2.33. The topological polar surface area (TPSA) is 175 Å². The summed E-state index contributed by atoms with van der Waals surface area (Å²) in [6.07, 6.45) is 9.67. The number of rotatable bonds is 11. The molecule has 0 unspecified atom stereocenters. The summed E-state index contributed by atoms with van der Waals surface area (Å²) in [5.41, 5.74) is 2.46. The molecule has 0 saturated heterocycles. The second-order valence-electron chi connectivity index (χ2n) is 12.6. The molecule has 0 aliphatic carbocycles. The molecule has 0 atom stereocenters. The lowest BCUT2D eigenvalue weighted by atomic mass is 10.2. The van der Waals surface area contributed by atoms with Gasteiger partial charge in [0.2, 0.25) is 46.6 Å². The Labute approximate surface area is 338 Å². The number of benzene rings is 3. The van der Waals surface area contributed by atoms with Gasteiger partial charge in [0.1, 0.15) is 0 Å². The molecule has 1 aliphatic heterocycles. The summed E-state index contributed by atoms with van der Waals surface area (Å²) in [4.78, 5) is 11.8. The van der Waals surface area contributed by atoms with Gasteiger partial charge in [0.15, 0.2) is 0 Å². The van der Waals surface area contributed by atoms with Crippen molar-refractivity contribution >= 4 is 64.9 Å². The van der Waals surface area contributed by atoms with Crippen molar-refractivity contribution in [2.75, 3.05) is 63.0 Å². The lowest BCUT2D eigenvalue weighted by molar-refractivity contribution is 0.465. The van der Waals surface area contributed by atoms with Gasteiger partial charge in [-0.1, -0.05) is 71.8 Å². The molecule has 3 aromatic carbocycles. The van der Waals surface area contributed by atoms with Crippen molar-refractivity contribution in [1.29, 1.82) is 0 Å². The standard InChI is InChI=1S/C37H42Cl2N8O6S3/c1-29-9-15-32(16-10-29)54(48,49)45-23-3-4-24-46(55(50,51)33-17-11-30(2)12-18-33)26-6-8-28-47(27-7-5-25-45)56(52,53)34-19-13-31(14-20-34)40-21-22-41-37-43-35(38)42-36(39)44-37/h3-20,40H,21-28H2,1-2H3,(H,41,42,43,44)/b4-3+,7-5+,8-6+. The monoisotopic (exact) mass is 860 g/mol. The Kier molecular flexibility index (Phi) is 14.8. The molecule has 14 nitrogen and oxygen atoms in total. The number of halogens is 2. The van der Waals surface area contributed by atoms with Crippen molar-refractivity contribution in [3.63, 3.8) is 0 Å². The third-order valence-corrected chi connectivity index (χ3v) is 14.4. The molecule has 0 radical (unpaired) electrons. The Bertz CT molecular complexity index is 2260. The van der Waals surface area contributed by atoms with Crippen molar-refractivity contribution in [2.45, 2.75) is 28.5 Å². The second-order valence-corrected chi connectivity index (χ2v) is 19.1. The maximum absolute atomic E-state index is 14.0. The minimum Gasteiger partial charge on any atom is -0.383 e. The molecule has 0 fully saturated rings. The van der Waals surface area contributed by atoms with Crippen LogP contribution in [0.2, 0.25) is 10.6 Å². The molecule has 2 heterocycles. The number of anilines is 2. The van der Waals surface area contributed by atoms with E-state index >= 15 is 0 Å². The average molecular weight is 862 g/mol. The highest BCUT2D eigenvalue weighted by molar-refractivity contribution is 7.89. The van der Waals surface area contributed by atoms with Crippen LogP contribution in [0.5, 0.6) is 0 Å². The highest BCUT2D eigenvalue weighted by Gasteiger charge is 2.26. The Morgan fingerprint density at radius 3 is 1.12 bits per heavy atom. The molecule has 19 heteroatoms. The summed E-state index contributed by atoms with van der Waals surface area (Å²) in [5.74, 6) is 0.215. The normalized spacial score (nSPS) is 17.6. The first-order valence-corrected chi connectivity index (χ1v) is 22.5. The van der Waals surface area contributed by atoms with E-state index in [-0.39, 0.29) is 70.5 Å². The van der Waals surface area contributed by atoms with Crippen LogP contribution in [-0.2, 0) is 30.1 Å². The Morgan fingerprint density at radius 2 is 0.786 bits per heavy atom. The van der Waals surface area contributed by atoms with Crippen molar-refractivity contribution in [3.05, 3.63) is 131 Å². The lowest BCUT2D eigenvalue weighted by Gasteiger charge is -2.21. The van der Waals surface area contributed by atoms with Crippen LogP contribution in [0.1, 0.15) is 11.1 Å². The van der Waals surface area contributed by atoms with E-state index < -0.39 is 30.1 Å². The zero-order chi connectivity index (χ0) is 40.3. The van der Waals surface area contributed by atoms with E-state index in [4.69, 9.17) is 23.2 Å². The molecular weight excluding hydrogens is 820 g/mol. The van der Waals surface area contributed by atoms with Crippen LogP contribution in [0.15, 0.2) is 124 Å². The van der Waals surface area contributed by atoms with Gasteiger partial charge in [0, 0.05) is 58.0 Å². The highest BCUT2D eigenvalue weighted by atomic mass is 35.5. The van der Waals surface area contributed by atoms with Crippen molar-refractivity contribution in [2.24, 2.45) is 0 Å². The number of sulfonamides is 3. The Morgan fingerprint density at radius 1 is 0.482 bits per heavy atom. The van der Waals surface area contributed by atoms with Crippen LogP contribution in [0, 0.1) is 13.8 Å². The quantitative estimate of drug-likeness (QED) is 0.147. The number of aromatic nitrogens is 3. The molecule has 1 aromatic heterocycles. The fourth-order valence-electron chi connectivity index (χ4n) is 5.36. The number of nitrogens with one attached hydrogen (secondary N) is 2. The average Bonchev–Trinajstić information content (AvgIpc) is 3.16. The van der Waals surface area contributed by atoms with Crippen LogP contribution in [-0.4, -0.2) is 105 Å². The van der Waals surface area contributed by atoms with Gasteiger partial charge in [0.25, 0.3) is 0 Å². The third kappa shape index (κ3) is 11.4. The summed E-state index contributed by atoms with van der Waals surface area (Å²) >= 11 is 11.6. The predicted molar refractivity (Wildman–Crippen MR) is 219 cm³/mol. The molecule has 1 aliphatic rings. The summed E-state index contributed by atoms with van der Waals surface area (Å²) in [7, 11) is -12.0. The van der Waals surface area contributed by atoms with Gasteiger partial charge in [-0.25, -0.2) is 25.3 Å². The van der Waals surface area contributed by atoms with Crippen molar-refractivity contribution in [3.8, 4) is 0 Å². The van der Waals surface area contributed by atoms with Crippen molar-refractivity contribution < 1.29 is 25.3 Å². The zero-order valence-electron chi connectivity index (χ0n) is 30.7. The Hall–Kier alpha value is -4.20. The number of hydrogen-bond donors (Lipinski definition) is 2. The maximum atomic E-state index is 14.0. The number of hydrogen-bond acceptors (Lipinski definition) is 11. The SMILES string of the molecule is Cc1ccc(S(=O)(=O)N2C/C=C/CN(S(=O)(=O)c3ccc(C)cc3)C/C=C/CN(S(=O)(=O)c3ccc(NCCNc4nc(Cl)nc(Cl)n4)cc3)C/C=C/C2)cc1. The van der Waals surface area contributed by atoms with E-state index in [0.717, 1.165) is 11.1 Å². The minimum atomic E-state index is -4.07. The van der Waals surface area contributed by atoms with E-state index in [2.05, 4.69) is 25.6 Å². The molecule has 4 aromatic rings. The molecule has 56 heavy (non-hydrogen) atoms. The van der Waals surface area contributed by atoms with Crippen molar-refractivity contribution in [1.82, 2.24) is 27.9 Å². The maximum Gasteiger partial charge on any atom is 0.243 e. The molecule has 0 saturated carbocycles. The van der Waals surface area contributed by atoms with Gasteiger partial charge < -0.3 is 10.6 Å². The van der Waals surface area contributed by atoms with E-state index in [9.17, 15) is 25.3 Å². The van der Waals surface area contributed by atoms with Gasteiger partial charge in [0.05, 0.1) is 14.7 Å².